The fraction of sp³-hybridized carbons (Fsp3) is 0. The van der Waals surface area contributed by atoms with E-state index in [0.717, 1.165) is 4.90 Å². The molecule has 3 amide bonds. The first-order valence-electron chi connectivity index (χ1n) is 9.35. The van der Waals surface area contributed by atoms with Crippen LogP contribution in [0.25, 0.3) is 0 Å². The second-order valence-electron chi connectivity index (χ2n) is 6.82. The number of aromatic hydroxyl groups is 1. The van der Waals surface area contributed by atoms with Crippen LogP contribution in [0.5, 0.6) is 5.75 Å². The molecule has 32 heavy (non-hydrogen) atoms. The number of nitrogens with zero attached hydrogens (tertiary/aromatic N) is 1. The summed E-state index contributed by atoms with van der Waals surface area (Å²) in [7, 11) is 0. The number of hydrogen-bond acceptors (Lipinski definition) is 5. The van der Waals surface area contributed by atoms with E-state index in [0.29, 0.717) is 27.6 Å². The summed E-state index contributed by atoms with van der Waals surface area (Å²) in [5, 5.41) is 15.1. The lowest BCUT2D eigenvalue weighted by Gasteiger charge is -2.15. The van der Waals surface area contributed by atoms with Gasteiger partial charge >= 0.3 is 0 Å². The van der Waals surface area contributed by atoms with Crippen molar-refractivity contribution < 1.29 is 19.5 Å². The zero-order valence-electron chi connectivity index (χ0n) is 16.3. The van der Waals surface area contributed by atoms with Crippen molar-refractivity contribution in [3.8, 4) is 5.75 Å². The van der Waals surface area contributed by atoms with Crippen LogP contribution >= 0.6 is 23.2 Å². The van der Waals surface area contributed by atoms with Gasteiger partial charge in [-0.25, -0.2) is 4.90 Å². The maximum absolute atomic E-state index is 12.9. The van der Waals surface area contributed by atoms with Crippen LogP contribution in [0.2, 0.25) is 5.02 Å². The molecule has 9 heteroatoms. The third kappa shape index (κ3) is 4.30. The third-order valence-electron chi connectivity index (χ3n) is 4.59. The number of hydrogen-bond donors (Lipinski definition) is 3. The molecule has 3 N–H and O–H groups in total. The van der Waals surface area contributed by atoms with Gasteiger partial charge in [0.2, 0.25) is 0 Å². The average molecular weight is 468 g/mol. The first-order valence-corrected chi connectivity index (χ1v) is 10.1. The van der Waals surface area contributed by atoms with Gasteiger partial charge in [-0.3, -0.25) is 14.4 Å². The van der Waals surface area contributed by atoms with E-state index in [1.54, 1.807) is 48.5 Å². The van der Waals surface area contributed by atoms with E-state index in [9.17, 15) is 19.5 Å². The molecule has 0 spiro atoms. The summed E-state index contributed by atoms with van der Waals surface area (Å²) in [5.41, 5.74) is 1.28. The van der Waals surface area contributed by atoms with Crippen molar-refractivity contribution in [1.82, 2.24) is 0 Å². The summed E-state index contributed by atoms with van der Waals surface area (Å²) in [4.78, 5) is 39.0. The minimum absolute atomic E-state index is 0.0217. The van der Waals surface area contributed by atoms with Crippen molar-refractivity contribution in [2.24, 2.45) is 0 Å². The molecule has 1 heterocycles. The lowest BCUT2D eigenvalue weighted by Crippen LogP contribution is -2.32. The highest BCUT2D eigenvalue weighted by molar-refractivity contribution is 6.53. The van der Waals surface area contributed by atoms with Crippen molar-refractivity contribution in [2.45, 2.75) is 0 Å². The number of amides is 3. The lowest BCUT2D eigenvalue weighted by molar-refractivity contribution is -0.120. The van der Waals surface area contributed by atoms with E-state index in [1.807, 2.05) is 0 Å². The van der Waals surface area contributed by atoms with Gasteiger partial charge in [0.25, 0.3) is 17.7 Å². The smallest absolute Gasteiger partial charge is 0.283 e. The molecule has 7 nitrogen and oxygen atoms in total. The van der Waals surface area contributed by atoms with E-state index >= 15 is 0 Å². The second kappa shape index (κ2) is 8.74. The molecule has 0 aliphatic carbocycles. The van der Waals surface area contributed by atoms with Crippen LogP contribution in [0.3, 0.4) is 0 Å². The molecule has 4 rings (SSSR count). The fourth-order valence-corrected chi connectivity index (χ4v) is 3.53. The maximum Gasteiger partial charge on any atom is 0.283 e. The predicted molar refractivity (Wildman–Crippen MR) is 123 cm³/mol. The van der Waals surface area contributed by atoms with Crippen molar-refractivity contribution in [3.05, 3.63) is 94.1 Å². The lowest BCUT2D eigenvalue weighted by atomic mass is 10.1. The van der Waals surface area contributed by atoms with Crippen LogP contribution in [0, 0.1) is 0 Å². The zero-order chi connectivity index (χ0) is 22.8. The normalized spacial score (nSPS) is 13.5. The first kappa shape index (κ1) is 21.4. The number of carbonyl (C=O) groups excluding carboxylic acids is 3. The Kier molecular flexibility index (Phi) is 5.85. The van der Waals surface area contributed by atoms with Crippen LogP contribution in [0.1, 0.15) is 10.4 Å². The Morgan fingerprint density at radius 2 is 1.56 bits per heavy atom. The van der Waals surface area contributed by atoms with Gasteiger partial charge in [-0.15, -0.1) is 0 Å². The highest BCUT2D eigenvalue weighted by Crippen LogP contribution is 2.31. The Morgan fingerprint density at radius 3 is 2.31 bits per heavy atom. The highest BCUT2D eigenvalue weighted by atomic mass is 35.5. The summed E-state index contributed by atoms with van der Waals surface area (Å²) < 4.78 is 0. The van der Waals surface area contributed by atoms with Gasteiger partial charge in [0.15, 0.2) is 0 Å². The van der Waals surface area contributed by atoms with Gasteiger partial charge in [-0.2, -0.15) is 0 Å². The zero-order valence-corrected chi connectivity index (χ0v) is 17.8. The molecule has 0 aromatic heterocycles. The number of rotatable bonds is 5. The number of benzene rings is 3. The molecule has 0 atom stereocenters. The number of phenols is 1. The number of anilines is 3. The van der Waals surface area contributed by atoms with Gasteiger partial charge in [-0.1, -0.05) is 41.4 Å². The molecule has 3 aromatic rings. The van der Waals surface area contributed by atoms with Crippen LogP contribution in [0.15, 0.2) is 83.5 Å². The van der Waals surface area contributed by atoms with Crippen LogP contribution in [-0.4, -0.2) is 22.8 Å². The molecular formula is C23H15Cl2N3O4. The van der Waals surface area contributed by atoms with E-state index in [-0.39, 0.29) is 16.5 Å². The Bertz CT molecular complexity index is 1290. The molecule has 1 aliphatic rings. The SMILES string of the molecule is O=C(Nc1cccc(O)c1)c1cccc(NC2=C(Cl)C(=O)N(c3cccc(Cl)c3)C2=O)c1. The molecule has 0 radical (unpaired) electrons. The van der Waals surface area contributed by atoms with E-state index in [1.165, 1.54) is 24.3 Å². The summed E-state index contributed by atoms with van der Waals surface area (Å²) >= 11 is 12.1. The topological polar surface area (TPSA) is 98.7 Å². The van der Waals surface area contributed by atoms with Crippen molar-refractivity contribution >= 4 is 58.0 Å². The Balaban J connectivity index is 1.55. The average Bonchev–Trinajstić information content (AvgIpc) is 2.97. The largest absolute Gasteiger partial charge is 0.508 e. The molecule has 0 fully saturated rings. The molecule has 1 aliphatic heterocycles. The van der Waals surface area contributed by atoms with Crippen molar-refractivity contribution in [2.75, 3.05) is 15.5 Å². The van der Waals surface area contributed by atoms with Gasteiger partial charge in [0, 0.05) is 28.0 Å². The number of nitrogens with one attached hydrogen (secondary N) is 2. The van der Waals surface area contributed by atoms with E-state index in [2.05, 4.69) is 10.6 Å². The first-order chi connectivity index (χ1) is 15.3. The number of imide groups is 1. The Morgan fingerprint density at radius 1 is 0.844 bits per heavy atom. The standard InChI is InChI=1S/C23H15Cl2N3O4/c24-14-5-2-8-17(11-14)28-22(31)19(25)20(23(28)32)26-15-6-1-4-13(10-15)21(30)27-16-7-3-9-18(29)12-16/h1-12,26,29H,(H,27,30). The predicted octanol–water partition coefficient (Wildman–Crippen LogP) is 4.73. The molecular weight excluding hydrogens is 453 g/mol. The molecule has 0 unspecified atom stereocenters. The minimum atomic E-state index is -0.681. The molecule has 160 valence electrons. The molecule has 0 saturated carbocycles. The number of halogens is 2. The van der Waals surface area contributed by atoms with E-state index < -0.39 is 17.7 Å². The third-order valence-corrected chi connectivity index (χ3v) is 5.18. The monoisotopic (exact) mass is 467 g/mol. The Hall–Kier alpha value is -3.81. The molecule has 3 aromatic carbocycles. The van der Waals surface area contributed by atoms with E-state index in [4.69, 9.17) is 23.2 Å². The summed E-state index contributed by atoms with van der Waals surface area (Å²) in [6.45, 7) is 0. The number of carbonyl (C=O) groups is 3. The van der Waals surface area contributed by atoms with Crippen LogP contribution < -0.4 is 15.5 Å². The van der Waals surface area contributed by atoms with Crippen LogP contribution in [0.4, 0.5) is 17.1 Å². The minimum Gasteiger partial charge on any atom is -0.508 e. The Labute approximate surface area is 192 Å². The maximum atomic E-state index is 12.9. The second-order valence-corrected chi connectivity index (χ2v) is 7.64. The van der Waals surface area contributed by atoms with Crippen LogP contribution in [-0.2, 0) is 9.59 Å². The summed E-state index contributed by atoms with van der Waals surface area (Å²) in [6, 6.07) is 18.8. The van der Waals surface area contributed by atoms with Gasteiger partial charge in [0.05, 0.1) is 5.69 Å². The van der Waals surface area contributed by atoms with Gasteiger partial charge < -0.3 is 15.7 Å². The fourth-order valence-electron chi connectivity index (χ4n) is 3.13. The van der Waals surface area contributed by atoms with Crippen molar-refractivity contribution in [3.63, 3.8) is 0 Å². The highest BCUT2D eigenvalue weighted by Gasteiger charge is 2.39. The summed E-state index contributed by atoms with van der Waals surface area (Å²) in [5.74, 6) is -1.72. The van der Waals surface area contributed by atoms with Crippen molar-refractivity contribution in [1.29, 1.82) is 0 Å². The van der Waals surface area contributed by atoms with Gasteiger partial charge in [0.1, 0.15) is 16.5 Å². The summed E-state index contributed by atoms with van der Waals surface area (Å²) in [6.07, 6.45) is 0. The molecule has 0 saturated heterocycles. The number of phenolic OH excluding ortho intramolecular Hbond substituents is 1. The quantitative estimate of drug-likeness (QED) is 0.471. The van der Waals surface area contributed by atoms with Gasteiger partial charge in [-0.05, 0) is 48.5 Å². The molecule has 0 bridgehead atoms.